The number of benzene rings is 2. The molecule has 1 unspecified atom stereocenters. The van der Waals surface area contributed by atoms with Crippen LogP contribution < -0.4 is 0 Å². The molecule has 0 radical (unpaired) electrons. The Balaban J connectivity index is 1.49. The maximum absolute atomic E-state index is 5.43. The first kappa shape index (κ1) is 19.5. The van der Waals surface area contributed by atoms with E-state index in [0.29, 0.717) is 6.04 Å². The van der Waals surface area contributed by atoms with Crippen molar-refractivity contribution >= 4 is 16.5 Å². The highest BCUT2D eigenvalue weighted by Crippen LogP contribution is 2.31. The average Bonchev–Trinajstić information content (AvgIpc) is 3.25. The van der Waals surface area contributed by atoms with E-state index in [1.807, 2.05) is 7.11 Å². The molecule has 2 aliphatic rings. The van der Waals surface area contributed by atoms with Gasteiger partial charge in [0.1, 0.15) is 0 Å². The topological polar surface area (TPSA) is 15.7 Å². The third-order valence-corrected chi connectivity index (χ3v) is 6.71. The van der Waals surface area contributed by atoms with Gasteiger partial charge in [-0.15, -0.1) is 0 Å². The quantitative estimate of drug-likeness (QED) is 0.672. The average molecular weight is 379 g/mol. The highest BCUT2D eigenvalue weighted by Gasteiger charge is 2.30. The Morgan fingerprint density at radius 1 is 1.07 bits per heavy atom. The smallest absolute Gasteiger partial charge is 0.0477 e. The van der Waals surface area contributed by atoms with E-state index in [9.17, 15) is 0 Å². The molecule has 1 aliphatic heterocycles. The molecule has 2 aromatic carbocycles. The predicted molar refractivity (Wildman–Crippen MR) is 118 cm³/mol. The second-order valence-electron chi connectivity index (χ2n) is 8.50. The van der Waals surface area contributed by atoms with Gasteiger partial charge in [-0.2, -0.15) is 0 Å². The standard InChI is InChI=1S/C25H34N2O/c1-20(24-13-7-11-22-10-5-6-12-25(22)24)26-15-16-27(18-21-8-3-4-9-21)23(19-26)14-17-28-2/h5-7,10-13,21,23H,1,3-4,8-9,14-19H2,2H3. The Morgan fingerprint density at radius 3 is 2.68 bits per heavy atom. The van der Waals surface area contributed by atoms with Gasteiger partial charge in [-0.25, -0.2) is 0 Å². The molecule has 3 nitrogen and oxygen atoms in total. The molecule has 1 saturated heterocycles. The lowest BCUT2D eigenvalue weighted by atomic mass is 9.99. The zero-order valence-corrected chi connectivity index (χ0v) is 17.3. The molecule has 0 bridgehead atoms. The normalized spacial score (nSPS) is 21.5. The van der Waals surface area contributed by atoms with Crippen molar-refractivity contribution < 1.29 is 4.74 Å². The summed E-state index contributed by atoms with van der Waals surface area (Å²) in [6, 6.07) is 15.8. The fourth-order valence-corrected chi connectivity index (χ4v) is 5.08. The summed E-state index contributed by atoms with van der Waals surface area (Å²) in [6.45, 7) is 9.87. The molecule has 0 aromatic heterocycles. The van der Waals surface area contributed by atoms with E-state index in [2.05, 4.69) is 58.8 Å². The molecule has 150 valence electrons. The van der Waals surface area contributed by atoms with Crippen LogP contribution >= 0.6 is 0 Å². The summed E-state index contributed by atoms with van der Waals surface area (Å²) in [5.41, 5.74) is 2.44. The molecule has 28 heavy (non-hydrogen) atoms. The summed E-state index contributed by atoms with van der Waals surface area (Å²) in [5.74, 6) is 0.901. The van der Waals surface area contributed by atoms with Crippen molar-refractivity contribution in [3.8, 4) is 0 Å². The van der Waals surface area contributed by atoms with Crippen molar-refractivity contribution in [1.82, 2.24) is 9.80 Å². The van der Waals surface area contributed by atoms with Crippen molar-refractivity contribution in [2.24, 2.45) is 5.92 Å². The Labute approximate surface area is 170 Å². The van der Waals surface area contributed by atoms with Gasteiger partial charge in [0.15, 0.2) is 0 Å². The molecule has 1 saturated carbocycles. The number of methoxy groups -OCH3 is 1. The van der Waals surface area contributed by atoms with Gasteiger partial charge in [0.2, 0.25) is 0 Å². The van der Waals surface area contributed by atoms with Crippen LogP contribution in [0.1, 0.15) is 37.7 Å². The molecular weight excluding hydrogens is 344 g/mol. The third-order valence-electron chi connectivity index (χ3n) is 6.71. The van der Waals surface area contributed by atoms with Gasteiger partial charge >= 0.3 is 0 Å². The second-order valence-corrected chi connectivity index (χ2v) is 8.50. The minimum absolute atomic E-state index is 0.557. The van der Waals surface area contributed by atoms with Crippen molar-refractivity contribution in [3.63, 3.8) is 0 Å². The van der Waals surface area contributed by atoms with Crippen LogP contribution in [0, 0.1) is 5.92 Å². The first-order valence-electron chi connectivity index (χ1n) is 10.9. The van der Waals surface area contributed by atoms with E-state index in [-0.39, 0.29) is 0 Å². The van der Waals surface area contributed by atoms with E-state index in [1.54, 1.807) is 0 Å². The van der Waals surface area contributed by atoms with E-state index in [1.165, 1.54) is 54.3 Å². The summed E-state index contributed by atoms with van der Waals surface area (Å²) in [7, 11) is 1.82. The SMILES string of the molecule is C=C(c1cccc2ccccc12)N1CCN(CC2CCCC2)C(CCOC)C1. The van der Waals surface area contributed by atoms with Crippen LogP contribution in [-0.4, -0.2) is 55.7 Å². The summed E-state index contributed by atoms with van der Waals surface area (Å²) >= 11 is 0. The molecule has 0 N–H and O–H groups in total. The molecule has 0 amide bonds. The van der Waals surface area contributed by atoms with Gasteiger partial charge in [-0.3, -0.25) is 4.90 Å². The van der Waals surface area contributed by atoms with Gasteiger partial charge in [0.05, 0.1) is 0 Å². The molecule has 0 spiro atoms. The highest BCUT2D eigenvalue weighted by molar-refractivity contribution is 5.93. The predicted octanol–water partition coefficient (Wildman–Crippen LogP) is 5.02. The van der Waals surface area contributed by atoms with Crippen LogP contribution in [0.4, 0.5) is 0 Å². The highest BCUT2D eigenvalue weighted by atomic mass is 16.5. The molecule has 4 rings (SSSR count). The van der Waals surface area contributed by atoms with Crippen LogP contribution in [0.25, 0.3) is 16.5 Å². The molecule has 3 heteroatoms. The summed E-state index contributed by atoms with van der Waals surface area (Å²) in [4.78, 5) is 5.25. The lowest BCUT2D eigenvalue weighted by Gasteiger charge is -2.44. The largest absolute Gasteiger partial charge is 0.385 e. The van der Waals surface area contributed by atoms with Gasteiger partial charge in [-0.05, 0) is 36.0 Å². The first-order valence-corrected chi connectivity index (χ1v) is 10.9. The number of fused-ring (bicyclic) bond motifs is 1. The number of hydrogen-bond acceptors (Lipinski definition) is 3. The van der Waals surface area contributed by atoms with Crippen molar-refractivity contribution in [2.75, 3.05) is 39.9 Å². The van der Waals surface area contributed by atoms with Crippen molar-refractivity contribution in [3.05, 3.63) is 54.6 Å². The minimum atomic E-state index is 0.557. The van der Waals surface area contributed by atoms with Crippen LogP contribution in [0.2, 0.25) is 0 Å². The van der Waals surface area contributed by atoms with E-state index in [4.69, 9.17) is 4.74 Å². The van der Waals surface area contributed by atoms with Crippen LogP contribution in [0.15, 0.2) is 49.0 Å². The molecule has 1 atom stereocenters. The fourth-order valence-electron chi connectivity index (χ4n) is 5.08. The molecule has 2 fully saturated rings. The van der Waals surface area contributed by atoms with E-state index in [0.717, 1.165) is 38.6 Å². The van der Waals surface area contributed by atoms with Crippen molar-refractivity contribution in [1.29, 1.82) is 0 Å². The molecule has 2 aromatic rings. The Morgan fingerprint density at radius 2 is 1.86 bits per heavy atom. The number of rotatable bonds is 7. The molecular formula is C25H34N2O. The molecule has 1 heterocycles. The van der Waals surface area contributed by atoms with Crippen molar-refractivity contribution in [2.45, 2.75) is 38.1 Å². The number of nitrogens with zero attached hydrogens (tertiary/aromatic N) is 2. The first-order chi connectivity index (χ1) is 13.8. The van der Waals surface area contributed by atoms with Gasteiger partial charge < -0.3 is 9.64 Å². The lowest BCUT2D eigenvalue weighted by molar-refractivity contribution is 0.0654. The van der Waals surface area contributed by atoms with E-state index >= 15 is 0 Å². The zero-order chi connectivity index (χ0) is 19.3. The van der Waals surface area contributed by atoms with Gasteiger partial charge in [0, 0.05) is 57.2 Å². The van der Waals surface area contributed by atoms with Gasteiger partial charge in [-0.1, -0.05) is 61.9 Å². The lowest BCUT2D eigenvalue weighted by Crippen LogP contribution is -2.53. The molecule has 1 aliphatic carbocycles. The minimum Gasteiger partial charge on any atom is -0.385 e. The van der Waals surface area contributed by atoms with Gasteiger partial charge in [0.25, 0.3) is 0 Å². The third kappa shape index (κ3) is 4.26. The Kier molecular flexibility index (Phi) is 6.33. The summed E-state index contributed by atoms with van der Waals surface area (Å²) < 4.78 is 5.43. The van der Waals surface area contributed by atoms with Crippen LogP contribution in [-0.2, 0) is 4.74 Å². The maximum atomic E-state index is 5.43. The maximum Gasteiger partial charge on any atom is 0.0477 e. The number of hydrogen-bond donors (Lipinski definition) is 0. The fraction of sp³-hybridized carbons (Fsp3) is 0.520. The Bertz CT molecular complexity index is 791. The Hall–Kier alpha value is -1.84. The van der Waals surface area contributed by atoms with Crippen LogP contribution in [0.3, 0.4) is 0 Å². The second kappa shape index (κ2) is 9.11. The summed E-state index contributed by atoms with van der Waals surface area (Å²) in [6.07, 6.45) is 6.78. The number of ether oxygens (including phenoxy) is 1. The summed E-state index contributed by atoms with van der Waals surface area (Å²) in [5, 5.41) is 2.59. The van der Waals surface area contributed by atoms with E-state index < -0.39 is 0 Å². The number of piperazine rings is 1. The monoisotopic (exact) mass is 378 g/mol. The zero-order valence-electron chi connectivity index (χ0n) is 17.3. The van der Waals surface area contributed by atoms with Crippen LogP contribution in [0.5, 0.6) is 0 Å².